The van der Waals surface area contributed by atoms with Gasteiger partial charge in [-0.25, -0.2) is 0 Å². The van der Waals surface area contributed by atoms with Gasteiger partial charge in [0.05, 0.1) is 12.5 Å². The van der Waals surface area contributed by atoms with Crippen LogP contribution in [0.2, 0.25) is 0 Å². The first-order valence-corrected chi connectivity index (χ1v) is 5.47. The average Bonchev–Trinajstić information content (AvgIpc) is 2.27. The fourth-order valence-corrected chi connectivity index (χ4v) is 1.89. The molecule has 0 spiro atoms. The molecular weight excluding hydrogens is 226 g/mol. The molecule has 0 aromatic carbocycles. The number of likely N-dealkylation sites (tertiary alicyclic amines) is 1. The third-order valence-electron chi connectivity index (χ3n) is 2.92. The minimum absolute atomic E-state index is 0.199. The molecule has 1 rings (SSSR count). The molecule has 2 amide bonds. The lowest BCUT2D eigenvalue weighted by molar-refractivity contribution is -0.142. The van der Waals surface area contributed by atoms with Crippen LogP contribution >= 0.6 is 0 Å². The number of carbonyl (C=O) groups excluding carboxylic acids is 2. The molecule has 0 aromatic heterocycles. The molecule has 1 atom stereocenters. The van der Waals surface area contributed by atoms with Crippen molar-refractivity contribution in [3.63, 3.8) is 0 Å². The van der Waals surface area contributed by atoms with Crippen molar-refractivity contribution in [1.82, 2.24) is 4.90 Å². The number of carboxylic acid groups (broad SMARTS) is 1. The molecule has 7 nitrogen and oxygen atoms in total. The lowest BCUT2D eigenvalue weighted by atomic mass is 9.96. The van der Waals surface area contributed by atoms with E-state index in [-0.39, 0.29) is 24.2 Å². The van der Waals surface area contributed by atoms with Gasteiger partial charge in [-0.15, -0.1) is 0 Å². The maximum Gasteiger partial charge on any atom is 0.305 e. The topological polar surface area (TPSA) is 127 Å². The van der Waals surface area contributed by atoms with Crippen LogP contribution in [-0.2, 0) is 14.4 Å². The Labute approximate surface area is 98.7 Å². The van der Waals surface area contributed by atoms with Gasteiger partial charge in [0.1, 0.15) is 0 Å². The molecule has 1 aliphatic heterocycles. The van der Waals surface area contributed by atoms with E-state index in [0.717, 1.165) is 0 Å². The van der Waals surface area contributed by atoms with Gasteiger partial charge >= 0.3 is 5.97 Å². The Morgan fingerprint density at radius 2 is 1.82 bits per heavy atom. The van der Waals surface area contributed by atoms with E-state index >= 15 is 0 Å². The normalized spacial score (nSPS) is 18.8. The number of hydrogen-bond acceptors (Lipinski definition) is 4. The highest BCUT2D eigenvalue weighted by Gasteiger charge is 2.29. The van der Waals surface area contributed by atoms with E-state index in [9.17, 15) is 14.4 Å². The van der Waals surface area contributed by atoms with Crippen molar-refractivity contribution < 1.29 is 19.5 Å². The van der Waals surface area contributed by atoms with Gasteiger partial charge in [-0.1, -0.05) is 0 Å². The number of primary amides is 1. The molecule has 1 heterocycles. The smallest absolute Gasteiger partial charge is 0.305 e. The second kappa shape index (κ2) is 5.62. The van der Waals surface area contributed by atoms with Crippen molar-refractivity contribution in [2.45, 2.75) is 25.3 Å². The average molecular weight is 243 g/mol. The van der Waals surface area contributed by atoms with E-state index in [1.807, 2.05) is 0 Å². The molecule has 0 saturated carbocycles. The van der Waals surface area contributed by atoms with Gasteiger partial charge in [-0.2, -0.15) is 0 Å². The summed E-state index contributed by atoms with van der Waals surface area (Å²) in [6.07, 6.45) is 0.649. The van der Waals surface area contributed by atoms with Crippen molar-refractivity contribution >= 4 is 17.8 Å². The Bertz CT molecular complexity index is 324. The van der Waals surface area contributed by atoms with Gasteiger partial charge in [0, 0.05) is 19.0 Å². The molecule has 5 N–H and O–H groups in total. The summed E-state index contributed by atoms with van der Waals surface area (Å²) < 4.78 is 0. The fraction of sp³-hybridized carbons (Fsp3) is 0.700. The minimum atomic E-state index is -1.10. The Morgan fingerprint density at radius 1 is 1.29 bits per heavy atom. The molecule has 0 aliphatic carbocycles. The number of rotatable bonds is 4. The molecule has 1 fully saturated rings. The molecule has 1 unspecified atom stereocenters. The molecule has 0 bridgehead atoms. The van der Waals surface area contributed by atoms with Crippen molar-refractivity contribution in [3.05, 3.63) is 0 Å². The predicted molar refractivity (Wildman–Crippen MR) is 58.7 cm³/mol. The van der Waals surface area contributed by atoms with Crippen LogP contribution in [0.4, 0.5) is 0 Å². The minimum Gasteiger partial charge on any atom is -0.481 e. The maximum atomic E-state index is 11.7. The first-order chi connectivity index (χ1) is 7.91. The van der Waals surface area contributed by atoms with Gasteiger partial charge in [-0.3, -0.25) is 14.4 Å². The molecule has 0 aromatic rings. The van der Waals surface area contributed by atoms with Crippen LogP contribution in [0.1, 0.15) is 19.3 Å². The standard InChI is InChI=1S/C10H17N3O4/c11-7(5-8(14)15)10(17)13-3-1-6(2-4-13)9(12)16/h6-7H,1-5,11H2,(H2,12,16)(H,14,15). The summed E-state index contributed by atoms with van der Waals surface area (Å²) in [6, 6.07) is -1.02. The van der Waals surface area contributed by atoms with Gasteiger partial charge in [-0.05, 0) is 12.8 Å². The van der Waals surface area contributed by atoms with Gasteiger partial charge < -0.3 is 21.5 Å². The maximum absolute atomic E-state index is 11.7. The number of carbonyl (C=O) groups is 3. The second-order valence-corrected chi connectivity index (χ2v) is 4.21. The van der Waals surface area contributed by atoms with Crippen LogP contribution in [0.5, 0.6) is 0 Å². The summed E-state index contributed by atoms with van der Waals surface area (Å²) in [5.41, 5.74) is 10.6. The number of piperidine rings is 1. The Morgan fingerprint density at radius 3 is 2.24 bits per heavy atom. The first-order valence-electron chi connectivity index (χ1n) is 5.47. The molecule has 7 heteroatoms. The van der Waals surface area contributed by atoms with E-state index in [2.05, 4.69) is 0 Å². The number of hydrogen-bond donors (Lipinski definition) is 3. The van der Waals surface area contributed by atoms with Crippen molar-refractivity contribution in [2.75, 3.05) is 13.1 Å². The van der Waals surface area contributed by atoms with Crippen LogP contribution in [0, 0.1) is 5.92 Å². The lowest BCUT2D eigenvalue weighted by Crippen LogP contribution is -2.49. The first kappa shape index (κ1) is 13.4. The molecule has 96 valence electrons. The summed E-state index contributed by atoms with van der Waals surface area (Å²) >= 11 is 0. The van der Waals surface area contributed by atoms with Gasteiger partial charge in [0.25, 0.3) is 0 Å². The zero-order chi connectivity index (χ0) is 13.0. The number of aliphatic carboxylic acids is 1. The lowest BCUT2D eigenvalue weighted by Gasteiger charge is -2.32. The Hall–Kier alpha value is -1.63. The molecule has 1 saturated heterocycles. The molecular formula is C10H17N3O4. The molecule has 17 heavy (non-hydrogen) atoms. The predicted octanol–water partition coefficient (Wildman–Crippen LogP) is -1.49. The monoisotopic (exact) mass is 243 g/mol. The number of amides is 2. The van der Waals surface area contributed by atoms with Gasteiger partial charge in [0.15, 0.2) is 0 Å². The van der Waals surface area contributed by atoms with Gasteiger partial charge in [0.2, 0.25) is 11.8 Å². The highest BCUT2D eigenvalue weighted by atomic mass is 16.4. The zero-order valence-electron chi connectivity index (χ0n) is 9.46. The van der Waals surface area contributed by atoms with Crippen LogP contribution in [0.3, 0.4) is 0 Å². The SMILES string of the molecule is NC(=O)C1CCN(C(=O)C(N)CC(=O)O)CC1. The molecule has 1 aliphatic rings. The van der Waals surface area contributed by atoms with E-state index in [4.69, 9.17) is 16.6 Å². The second-order valence-electron chi connectivity index (χ2n) is 4.21. The Balaban J connectivity index is 2.45. The Kier molecular flexibility index (Phi) is 4.45. The van der Waals surface area contributed by atoms with Crippen LogP contribution < -0.4 is 11.5 Å². The van der Waals surface area contributed by atoms with Crippen LogP contribution in [0.15, 0.2) is 0 Å². The van der Waals surface area contributed by atoms with Crippen molar-refractivity contribution in [1.29, 1.82) is 0 Å². The summed E-state index contributed by atoms with van der Waals surface area (Å²) in [4.78, 5) is 34.6. The fourth-order valence-electron chi connectivity index (χ4n) is 1.89. The van der Waals surface area contributed by atoms with E-state index in [1.165, 1.54) is 4.90 Å². The third-order valence-corrected chi connectivity index (χ3v) is 2.92. The highest BCUT2D eigenvalue weighted by molar-refractivity contribution is 5.86. The van der Waals surface area contributed by atoms with Crippen LogP contribution in [-0.4, -0.2) is 46.9 Å². The number of nitrogens with zero attached hydrogens (tertiary/aromatic N) is 1. The summed E-state index contributed by atoms with van der Waals surface area (Å²) in [5.74, 6) is -2.03. The van der Waals surface area contributed by atoms with E-state index in [1.54, 1.807) is 0 Å². The van der Waals surface area contributed by atoms with Crippen molar-refractivity contribution in [3.8, 4) is 0 Å². The summed E-state index contributed by atoms with van der Waals surface area (Å²) in [5, 5.41) is 8.53. The number of nitrogens with two attached hydrogens (primary N) is 2. The summed E-state index contributed by atoms with van der Waals surface area (Å²) in [7, 11) is 0. The number of carboxylic acids is 1. The zero-order valence-corrected chi connectivity index (χ0v) is 9.46. The van der Waals surface area contributed by atoms with E-state index in [0.29, 0.717) is 25.9 Å². The molecule has 0 radical (unpaired) electrons. The largest absolute Gasteiger partial charge is 0.481 e. The highest BCUT2D eigenvalue weighted by Crippen LogP contribution is 2.17. The quantitative estimate of drug-likeness (QED) is 0.554. The third kappa shape index (κ3) is 3.70. The summed E-state index contributed by atoms with van der Waals surface area (Å²) in [6.45, 7) is 0.805. The van der Waals surface area contributed by atoms with Crippen LogP contribution in [0.25, 0.3) is 0 Å². The van der Waals surface area contributed by atoms with Crippen molar-refractivity contribution in [2.24, 2.45) is 17.4 Å². The van der Waals surface area contributed by atoms with E-state index < -0.39 is 12.0 Å².